The number of nitrogens with one attached hydrogen (secondary N) is 2. The summed E-state index contributed by atoms with van der Waals surface area (Å²) in [5.74, 6) is 0.690. The van der Waals surface area contributed by atoms with E-state index in [1.165, 1.54) is 0 Å². The van der Waals surface area contributed by atoms with Crippen molar-refractivity contribution < 1.29 is 19.4 Å². The van der Waals surface area contributed by atoms with Gasteiger partial charge in [0.1, 0.15) is 12.4 Å². The predicted molar refractivity (Wildman–Crippen MR) is 92.9 cm³/mol. The summed E-state index contributed by atoms with van der Waals surface area (Å²) in [6, 6.07) is 7.11. The molecule has 6 nitrogen and oxygen atoms in total. The SMILES string of the molecule is Cl.O=C(NCC1CNCC1O)c1ccc(OCC2CCCO2)cc1. The smallest absolute Gasteiger partial charge is 0.251 e. The van der Waals surface area contributed by atoms with Crippen LogP contribution in [0.25, 0.3) is 0 Å². The van der Waals surface area contributed by atoms with Gasteiger partial charge in [-0.05, 0) is 37.1 Å². The fourth-order valence-electron chi connectivity index (χ4n) is 2.92. The summed E-state index contributed by atoms with van der Waals surface area (Å²) in [5.41, 5.74) is 0.593. The van der Waals surface area contributed by atoms with E-state index in [0.29, 0.717) is 25.3 Å². The third kappa shape index (κ3) is 5.08. The van der Waals surface area contributed by atoms with Crippen LogP contribution in [0.5, 0.6) is 5.75 Å². The maximum Gasteiger partial charge on any atom is 0.251 e. The van der Waals surface area contributed by atoms with E-state index < -0.39 is 0 Å². The van der Waals surface area contributed by atoms with Crippen molar-refractivity contribution in [2.24, 2.45) is 5.92 Å². The lowest BCUT2D eigenvalue weighted by Crippen LogP contribution is -2.34. The molecule has 2 heterocycles. The first-order valence-corrected chi connectivity index (χ1v) is 8.24. The standard InChI is InChI=1S/C17H24N2O4.ClH/c20-16-10-18-8-13(16)9-19-17(21)12-3-5-14(6-4-12)23-11-15-2-1-7-22-15;/h3-6,13,15-16,18,20H,1-2,7-11H2,(H,19,21);1H. The van der Waals surface area contributed by atoms with Gasteiger partial charge in [-0.15, -0.1) is 12.4 Å². The molecule has 1 amide bonds. The van der Waals surface area contributed by atoms with Crippen LogP contribution >= 0.6 is 12.4 Å². The lowest BCUT2D eigenvalue weighted by atomic mass is 10.1. The Kier molecular flexibility index (Phi) is 7.30. The van der Waals surface area contributed by atoms with Gasteiger partial charge in [-0.3, -0.25) is 4.79 Å². The summed E-state index contributed by atoms with van der Waals surface area (Å²) in [4.78, 5) is 12.1. The molecule has 24 heavy (non-hydrogen) atoms. The fourth-order valence-corrected chi connectivity index (χ4v) is 2.92. The Morgan fingerprint density at radius 2 is 2.12 bits per heavy atom. The summed E-state index contributed by atoms with van der Waals surface area (Å²) in [6.07, 6.45) is 1.94. The summed E-state index contributed by atoms with van der Waals surface area (Å²) < 4.78 is 11.2. The zero-order valence-corrected chi connectivity index (χ0v) is 14.4. The van der Waals surface area contributed by atoms with E-state index in [9.17, 15) is 9.90 Å². The van der Waals surface area contributed by atoms with Gasteiger partial charge in [0.15, 0.2) is 0 Å². The van der Waals surface area contributed by atoms with Crippen LogP contribution in [0, 0.1) is 5.92 Å². The normalized spacial score (nSPS) is 26.0. The van der Waals surface area contributed by atoms with Gasteiger partial charge in [0.25, 0.3) is 5.91 Å². The monoisotopic (exact) mass is 356 g/mol. The summed E-state index contributed by atoms with van der Waals surface area (Å²) in [6.45, 7) is 3.18. The van der Waals surface area contributed by atoms with Crippen molar-refractivity contribution in [1.29, 1.82) is 0 Å². The van der Waals surface area contributed by atoms with Crippen molar-refractivity contribution in [3.63, 3.8) is 0 Å². The highest BCUT2D eigenvalue weighted by molar-refractivity contribution is 5.94. The zero-order valence-electron chi connectivity index (χ0n) is 13.6. The average molecular weight is 357 g/mol. The van der Waals surface area contributed by atoms with Crippen LogP contribution in [0.2, 0.25) is 0 Å². The number of rotatable bonds is 6. The van der Waals surface area contributed by atoms with Crippen LogP contribution in [0.15, 0.2) is 24.3 Å². The zero-order chi connectivity index (χ0) is 16.1. The molecule has 1 aromatic rings. The van der Waals surface area contributed by atoms with Crippen LogP contribution in [-0.2, 0) is 4.74 Å². The third-order valence-electron chi connectivity index (χ3n) is 4.41. The first-order valence-electron chi connectivity index (χ1n) is 8.24. The van der Waals surface area contributed by atoms with Gasteiger partial charge in [-0.1, -0.05) is 0 Å². The molecule has 2 aliphatic heterocycles. The number of aliphatic hydroxyl groups is 1. The quantitative estimate of drug-likeness (QED) is 0.708. The van der Waals surface area contributed by atoms with E-state index in [1.54, 1.807) is 24.3 Å². The van der Waals surface area contributed by atoms with Gasteiger partial charge in [0.2, 0.25) is 0 Å². The van der Waals surface area contributed by atoms with Crippen molar-refractivity contribution >= 4 is 18.3 Å². The second kappa shape index (κ2) is 9.22. The van der Waals surface area contributed by atoms with Crippen molar-refractivity contribution in [3.05, 3.63) is 29.8 Å². The topological polar surface area (TPSA) is 79.8 Å². The van der Waals surface area contributed by atoms with Gasteiger partial charge < -0.3 is 25.2 Å². The highest BCUT2D eigenvalue weighted by Gasteiger charge is 2.25. The Morgan fingerprint density at radius 3 is 2.75 bits per heavy atom. The number of hydrogen-bond acceptors (Lipinski definition) is 5. The molecule has 0 spiro atoms. The molecule has 1 aromatic carbocycles. The number of ether oxygens (including phenoxy) is 2. The highest BCUT2D eigenvalue weighted by atomic mass is 35.5. The lowest BCUT2D eigenvalue weighted by Gasteiger charge is -2.14. The molecule has 134 valence electrons. The van der Waals surface area contributed by atoms with Gasteiger partial charge in [0, 0.05) is 37.7 Å². The molecule has 2 aliphatic rings. The molecule has 0 aliphatic carbocycles. The second-order valence-corrected chi connectivity index (χ2v) is 6.17. The van der Waals surface area contributed by atoms with Gasteiger partial charge in [-0.2, -0.15) is 0 Å². The molecule has 2 fully saturated rings. The molecule has 2 saturated heterocycles. The molecule has 0 radical (unpaired) electrons. The van der Waals surface area contributed by atoms with E-state index in [2.05, 4.69) is 10.6 Å². The number of carbonyl (C=O) groups is 1. The molecule has 0 bridgehead atoms. The summed E-state index contributed by atoms with van der Waals surface area (Å²) in [7, 11) is 0. The summed E-state index contributed by atoms with van der Waals surface area (Å²) in [5, 5.41) is 15.7. The van der Waals surface area contributed by atoms with Crippen LogP contribution in [0.1, 0.15) is 23.2 Å². The Morgan fingerprint density at radius 1 is 1.33 bits per heavy atom. The molecular formula is C17H25ClN2O4. The Hall–Kier alpha value is -1.34. The number of amides is 1. The minimum Gasteiger partial charge on any atom is -0.491 e. The number of aliphatic hydroxyl groups excluding tert-OH is 1. The van der Waals surface area contributed by atoms with Crippen molar-refractivity contribution in [2.45, 2.75) is 25.0 Å². The molecule has 0 aromatic heterocycles. The second-order valence-electron chi connectivity index (χ2n) is 6.17. The lowest BCUT2D eigenvalue weighted by molar-refractivity contribution is 0.0679. The van der Waals surface area contributed by atoms with Crippen LogP contribution in [-0.4, -0.2) is 56.1 Å². The molecule has 0 saturated carbocycles. The molecule has 3 rings (SSSR count). The van der Waals surface area contributed by atoms with E-state index >= 15 is 0 Å². The van der Waals surface area contributed by atoms with Gasteiger partial charge in [-0.25, -0.2) is 0 Å². The van der Waals surface area contributed by atoms with E-state index in [4.69, 9.17) is 9.47 Å². The molecule has 3 N–H and O–H groups in total. The molecular weight excluding hydrogens is 332 g/mol. The maximum absolute atomic E-state index is 12.1. The molecule has 7 heteroatoms. The number of hydrogen-bond donors (Lipinski definition) is 3. The van der Waals surface area contributed by atoms with E-state index in [1.807, 2.05) is 0 Å². The van der Waals surface area contributed by atoms with Gasteiger partial charge >= 0.3 is 0 Å². The first-order chi connectivity index (χ1) is 11.2. The maximum atomic E-state index is 12.1. The molecule has 3 unspecified atom stereocenters. The van der Waals surface area contributed by atoms with E-state index in [-0.39, 0.29) is 36.4 Å². The van der Waals surface area contributed by atoms with Crippen LogP contribution in [0.4, 0.5) is 0 Å². The summed E-state index contributed by atoms with van der Waals surface area (Å²) >= 11 is 0. The Bertz CT molecular complexity index is 520. The Labute approximate surface area is 148 Å². The van der Waals surface area contributed by atoms with E-state index in [0.717, 1.165) is 31.7 Å². The Balaban J connectivity index is 0.00000208. The number of β-amino-alcohol motifs (C(OH)–C–C–N with tert-alkyl or cyclic N) is 1. The van der Waals surface area contributed by atoms with Crippen molar-refractivity contribution in [1.82, 2.24) is 10.6 Å². The third-order valence-corrected chi connectivity index (χ3v) is 4.41. The fraction of sp³-hybridized carbons (Fsp3) is 0.588. The van der Waals surface area contributed by atoms with Crippen molar-refractivity contribution in [2.75, 3.05) is 32.8 Å². The molecule has 3 atom stereocenters. The first kappa shape index (κ1) is 19.0. The predicted octanol–water partition coefficient (Wildman–Crippen LogP) is 0.976. The minimum atomic E-state index is -0.385. The van der Waals surface area contributed by atoms with Gasteiger partial charge in [0.05, 0.1) is 12.2 Å². The minimum absolute atomic E-state index is 0. The van der Waals surface area contributed by atoms with Crippen molar-refractivity contribution in [3.8, 4) is 5.75 Å². The number of benzene rings is 1. The highest BCUT2D eigenvalue weighted by Crippen LogP contribution is 2.16. The van der Waals surface area contributed by atoms with Crippen LogP contribution in [0.3, 0.4) is 0 Å². The van der Waals surface area contributed by atoms with Crippen LogP contribution < -0.4 is 15.4 Å². The largest absolute Gasteiger partial charge is 0.491 e. The average Bonchev–Trinajstić information content (AvgIpc) is 3.23. The number of carbonyl (C=O) groups excluding carboxylic acids is 1. The number of halogens is 1.